The minimum atomic E-state index is -0.535. The summed E-state index contributed by atoms with van der Waals surface area (Å²) in [5, 5.41) is 10.5. The molecule has 0 spiro atoms. The maximum absolute atomic E-state index is 10.5. The zero-order valence-corrected chi connectivity index (χ0v) is 13.4. The minimum absolute atomic E-state index is 0.153. The Bertz CT molecular complexity index is 577. The molecule has 1 N–H and O–H groups in total. The van der Waals surface area contributed by atoms with Crippen molar-refractivity contribution in [2.45, 2.75) is 52.9 Å². The van der Waals surface area contributed by atoms with E-state index in [0.717, 1.165) is 23.4 Å². The van der Waals surface area contributed by atoms with Crippen LogP contribution in [0.1, 0.15) is 33.5 Å². The first-order valence-corrected chi connectivity index (χ1v) is 7.82. The quantitative estimate of drug-likeness (QED) is 0.852. The Morgan fingerprint density at radius 3 is 2.57 bits per heavy atom. The van der Waals surface area contributed by atoms with Crippen LogP contribution >= 0.6 is 0 Å². The van der Waals surface area contributed by atoms with Crippen LogP contribution in [0.5, 0.6) is 0 Å². The zero-order valence-electron chi connectivity index (χ0n) is 13.4. The van der Waals surface area contributed by atoms with E-state index < -0.39 is 6.10 Å². The largest absolute Gasteiger partial charge is 0.390 e. The van der Waals surface area contributed by atoms with Crippen LogP contribution < -0.4 is 0 Å². The number of aromatic nitrogens is 2. The SMILES string of the molecule is CCOC(C(C)C)C(O)Cc1nc2ccccc2n1CC. The highest BCUT2D eigenvalue weighted by Gasteiger charge is 2.25. The molecule has 0 saturated heterocycles. The monoisotopic (exact) mass is 290 g/mol. The first-order valence-electron chi connectivity index (χ1n) is 7.82. The van der Waals surface area contributed by atoms with Crippen LogP contribution in [0, 0.1) is 5.92 Å². The van der Waals surface area contributed by atoms with Gasteiger partial charge in [0.15, 0.2) is 0 Å². The summed E-state index contributed by atoms with van der Waals surface area (Å²) in [6.45, 7) is 9.68. The fourth-order valence-corrected chi connectivity index (χ4v) is 2.88. The van der Waals surface area contributed by atoms with Gasteiger partial charge in [0.1, 0.15) is 5.82 Å². The highest BCUT2D eigenvalue weighted by atomic mass is 16.5. The van der Waals surface area contributed by atoms with E-state index in [0.29, 0.717) is 13.0 Å². The first-order chi connectivity index (χ1) is 10.1. The second kappa shape index (κ2) is 7.05. The summed E-state index contributed by atoms with van der Waals surface area (Å²) in [6.07, 6.45) is -0.169. The number of aryl methyl sites for hydroxylation is 1. The lowest BCUT2D eigenvalue weighted by molar-refractivity contribution is -0.0570. The van der Waals surface area contributed by atoms with Gasteiger partial charge in [0.2, 0.25) is 0 Å². The average Bonchev–Trinajstić information content (AvgIpc) is 2.81. The third-order valence-corrected chi connectivity index (χ3v) is 3.84. The summed E-state index contributed by atoms with van der Waals surface area (Å²) < 4.78 is 7.87. The molecular weight excluding hydrogens is 264 g/mol. The number of nitrogens with zero attached hydrogens (tertiary/aromatic N) is 2. The van der Waals surface area contributed by atoms with E-state index in [4.69, 9.17) is 4.74 Å². The highest BCUT2D eigenvalue weighted by molar-refractivity contribution is 5.75. The number of rotatable bonds is 7. The van der Waals surface area contributed by atoms with Gasteiger partial charge in [0, 0.05) is 19.6 Å². The summed E-state index contributed by atoms with van der Waals surface area (Å²) >= 11 is 0. The Balaban J connectivity index is 2.26. The molecule has 4 nitrogen and oxygen atoms in total. The van der Waals surface area contributed by atoms with Crippen molar-refractivity contribution in [2.24, 2.45) is 5.92 Å². The van der Waals surface area contributed by atoms with Gasteiger partial charge in [-0.15, -0.1) is 0 Å². The summed E-state index contributed by atoms with van der Waals surface area (Å²) in [6, 6.07) is 8.10. The van der Waals surface area contributed by atoms with Crippen molar-refractivity contribution in [1.82, 2.24) is 9.55 Å². The van der Waals surface area contributed by atoms with Crippen molar-refractivity contribution in [3.05, 3.63) is 30.1 Å². The predicted octanol–water partition coefficient (Wildman–Crippen LogP) is 3.02. The number of imidazole rings is 1. The highest BCUT2D eigenvalue weighted by Crippen LogP contribution is 2.20. The Morgan fingerprint density at radius 1 is 1.24 bits per heavy atom. The zero-order chi connectivity index (χ0) is 15.4. The molecule has 2 atom stereocenters. The van der Waals surface area contributed by atoms with Crippen molar-refractivity contribution in [3.8, 4) is 0 Å². The molecule has 21 heavy (non-hydrogen) atoms. The number of ether oxygens (including phenoxy) is 1. The number of aliphatic hydroxyl groups excluding tert-OH is 1. The summed E-state index contributed by atoms with van der Waals surface area (Å²) in [5.74, 6) is 1.20. The molecule has 0 aliphatic heterocycles. The van der Waals surface area contributed by atoms with Gasteiger partial charge in [-0.25, -0.2) is 4.98 Å². The van der Waals surface area contributed by atoms with E-state index in [2.05, 4.69) is 36.4 Å². The van der Waals surface area contributed by atoms with Gasteiger partial charge in [-0.1, -0.05) is 26.0 Å². The normalized spacial score (nSPS) is 14.8. The van der Waals surface area contributed by atoms with Crippen LogP contribution in [0.25, 0.3) is 11.0 Å². The molecule has 1 aromatic carbocycles. The number of para-hydroxylation sites is 2. The fraction of sp³-hybridized carbons (Fsp3) is 0.588. The summed E-state index contributed by atoms with van der Waals surface area (Å²) in [4.78, 5) is 4.67. The van der Waals surface area contributed by atoms with Gasteiger partial charge in [0.25, 0.3) is 0 Å². The molecule has 0 bridgehead atoms. The third-order valence-electron chi connectivity index (χ3n) is 3.84. The fourth-order valence-electron chi connectivity index (χ4n) is 2.88. The molecule has 0 saturated carbocycles. The molecule has 4 heteroatoms. The molecule has 1 aromatic heterocycles. The van der Waals surface area contributed by atoms with E-state index in [1.807, 2.05) is 25.1 Å². The molecule has 0 amide bonds. The Morgan fingerprint density at radius 2 is 1.95 bits per heavy atom. The van der Waals surface area contributed by atoms with Crippen molar-refractivity contribution < 1.29 is 9.84 Å². The van der Waals surface area contributed by atoms with Crippen LogP contribution in [0.3, 0.4) is 0 Å². The maximum Gasteiger partial charge on any atom is 0.112 e. The molecule has 116 valence electrons. The number of hydrogen-bond donors (Lipinski definition) is 1. The van der Waals surface area contributed by atoms with Gasteiger partial charge in [-0.3, -0.25) is 0 Å². The molecule has 0 aliphatic rings. The molecule has 1 heterocycles. The predicted molar refractivity (Wildman–Crippen MR) is 85.4 cm³/mol. The van der Waals surface area contributed by atoms with Crippen LogP contribution in [0.15, 0.2) is 24.3 Å². The lowest BCUT2D eigenvalue weighted by Gasteiger charge is -2.26. The van der Waals surface area contributed by atoms with Crippen LogP contribution in [-0.2, 0) is 17.7 Å². The van der Waals surface area contributed by atoms with Crippen molar-refractivity contribution in [3.63, 3.8) is 0 Å². The standard InChI is InChI=1S/C17H26N2O2/c1-5-19-14-10-8-7-9-13(14)18-16(19)11-15(20)17(12(3)4)21-6-2/h7-10,12,15,17,20H,5-6,11H2,1-4H3. The average molecular weight is 290 g/mol. The number of hydrogen-bond acceptors (Lipinski definition) is 3. The molecule has 2 unspecified atom stereocenters. The van der Waals surface area contributed by atoms with Gasteiger partial charge in [-0.2, -0.15) is 0 Å². The van der Waals surface area contributed by atoms with E-state index in [1.54, 1.807) is 0 Å². The van der Waals surface area contributed by atoms with Crippen molar-refractivity contribution >= 4 is 11.0 Å². The molecule has 2 rings (SSSR count). The minimum Gasteiger partial charge on any atom is -0.390 e. The Hall–Kier alpha value is -1.39. The summed E-state index contributed by atoms with van der Waals surface area (Å²) in [5.41, 5.74) is 2.11. The van der Waals surface area contributed by atoms with Gasteiger partial charge in [-0.05, 0) is 31.9 Å². The summed E-state index contributed by atoms with van der Waals surface area (Å²) in [7, 11) is 0. The topological polar surface area (TPSA) is 47.3 Å². The van der Waals surface area contributed by atoms with Gasteiger partial charge in [0.05, 0.1) is 23.2 Å². The first kappa shape index (κ1) is 16.0. The Labute approximate surface area is 126 Å². The van der Waals surface area contributed by atoms with E-state index in [1.165, 1.54) is 0 Å². The lowest BCUT2D eigenvalue weighted by Crippen LogP contribution is -2.36. The second-order valence-corrected chi connectivity index (χ2v) is 5.70. The second-order valence-electron chi connectivity index (χ2n) is 5.70. The van der Waals surface area contributed by atoms with Gasteiger partial charge < -0.3 is 14.4 Å². The number of fused-ring (bicyclic) bond motifs is 1. The molecule has 0 fully saturated rings. The Kier molecular flexibility index (Phi) is 5.37. The van der Waals surface area contributed by atoms with E-state index in [9.17, 15) is 5.11 Å². The number of benzene rings is 1. The molecule has 0 radical (unpaired) electrons. The third kappa shape index (κ3) is 3.44. The van der Waals surface area contributed by atoms with Gasteiger partial charge >= 0.3 is 0 Å². The smallest absolute Gasteiger partial charge is 0.112 e. The van der Waals surface area contributed by atoms with Crippen LogP contribution in [0.4, 0.5) is 0 Å². The molecule has 0 aliphatic carbocycles. The molecule has 2 aromatic rings. The lowest BCUT2D eigenvalue weighted by atomic mass is 9.99. The van der Waals surface area contributed by atoms with E-state index in [-0.39, 0.29) is 12.0 Å². The van der Waals surface area contributed by atoms with E-state index >= 15 is 0 Å². The van der Waals surface area contributed by atoms with Crippen molar-refractivity contribution in [1.29, 1.82) is 0 Å². The number of aliphatic hydroxyl groups is 1. The van der Waals surface area contributed by atoms with Crippen LogP contribution in [0.2, 0.25) is 0 Å². The molecular formula is C17H26N2O2. The van der Waals surface area contributed by atoms with Crippen molar-refractivity contribution in [2.75, 3.05) is 6.61 Å². The van der Waals surface area contributed by atoms with Crippen LogP contribution in [-0.4, -0.2) is 33.5 Å². The maximum atomic E-state index is 10.5.